The number of nitriles is 1. The van der Waals surface area contributed by atoms with Crippen LogP contribution in [0.5, 0.6) is 0 Å². The van der Waals surface area contributed by atoms with Crippen molar-refractivity contribution in [2.45, 2.75) is 45.8 Å². The molecular weight excluding hydrogens is 493 g/mol. The minimum Gasteiger partial charge on any atom is -0.311 e. The maximum absolute atomic E-state index is 14.1. The third-order valence-corrected chi connectivity index (χ3v) is 7.30. The number of hydrogen-bond acceptors (Lipinski definition) is 4. The van der Waals surface area contributed by atoms with Crippen LogP contribution in [0, 0.1) is 17.2 Å². The number of amides is 2. The molecule has 9 heteroatoms. The summed E-state index contributed by atoms with van der Waals surface area (Å²) in [6.45, 7) is 8.00. The van der Waals surface area contributed by atoms with Gasteiger partial charge in [-0.3, -0.25) is 9.69 Å². The Morgan fingerprint density at radius 1 is 1.11 bits per heavy atom. The average molecular weight is 525 g/mol. The van der Waals surface area contributed by atoms with Crippen LogP contribution in [0.1, 0.15) is 56.3 Å². The van der Waals surface area contributed by atoms with Gasteiger partial charge in [-0.15, -0.1) is 0 Å². The molecule has 1 heterocycles. The van der Waals surface area contributed by atoms with E-state index in [2.05, 4.69) is 11.0 Å². The minimum atomic E-state index is -4.58. The molecule has 1 aliphatic carbocycles. The number of ketones is 1. The Labute approximate surface area is 220 Å². The van der Waals surface area contributed by atoms with Gasteiger partial charge in [0.1, 0.15) is 0 Å². The summed E-state index contributed by atoms with van der Waals surface area (Å²) in [6.07, 6.45) is -3.09. The van der Waals surface area contributed by atoms with Crippen LogP contribution < -0.4 is 4.90 Å². The number of nitrogens with zero attached hydrogens (tertiary/aromatic N) is 4. The Kier molecular flexibility index (Phi) is 7.93. The molecule has 2 aromatic rings. The normalized spacial score (nSPS) is 18.3. The van der Waals surface area contributed by atoms with Gasteiger partial charge in [0.05, 0.1) is 28.9 Å². The smallest absolute Gasteiger partial charge is 0.311 e. The van der Waals surface area contributed by atoms with Gasteiger partial charge in [-0.1, -0.05) is 32.0 Å². The van der Waals surface area contributed by atoms with E-state index in [0.717, 1.165) is 38.1 Å². The molecule has 200 valence electrons. The molecular formula is C29H31F3N4O2. The van der Waals surface area contributed by atoms with Gasteiger partial charge in [0.15, 0.2) is 5.78 Å². The highest BCUT2D eigenvalue weighted by atomic mass is 19.4. The topological polar surface area (TPSA) is 67.7 Å². The fraction of sp³-hybridized carbons (Fsp3) is 0.414. The zero-order chi connectivity index (χ0) is 27.6. The summed E-state index contributed by atoms with van der Waals surface area (Å²) in [6, 6.07) is 12.3. The lowest BCUT2D eigenvalue weighted by molar-refractivity contribution is -0.137. The van der Waals surface area contributed by atoms with Gasteiger partial charge in [-0.05, 0) is 68.8 Å². The molecule has 4 rings (SSSR count). The van der Waals surface area contributed by atoms with Crippen molar-refractivity contribution >= 4 is 17.5 Å². The second kappa shape index (κ2) is 11.0. The van der Waals surface area contributed by atoms with Gasteiger partial charge in [-0.2, -0.15) is 18.4 Å². The molecule has 0 spiro atoms. The third-order valence-electron chi connectivity index (χ3n) is 7.30. The summed E-state index contributed by atoms with van der Waals surface area (Å²) in [4.78, 5) is 32.8. The monoisotopic (exact) mass is 524 g/mol. The molecule has 0 aromatic heterocycles. The van der Waals surface area contributed by atoms with E-state index < -0.39 is 23.8 Å². The number of carbonyl (C=O) groups is 2. The van der Waals surface area contributed by atoms with E-state index in [9.17, 15) is 28.0 Å². The van der Waals surface area contributed by atoms with Crippen LogP contribution in [0.25, 0.3) is 0 Å². The van der Waals surface area contributed by atoms with Crippen molar-refractivity contribution in [2.75, 3.05) is 31.1 Å². The first-order valence-electron chi connectivity index (χ1n) is 12.9. The summed E-state index contributed by atoms with van der Waals surface area (Å²) >= 11 is 0. The fourth-order valence-corrected chi connectivity index (χ4v) is 4.96. The van der Waals surface area contributed by atoms with Gasteiger partial charge in [0.2, 0.25) is 0 Å². The second-order valence-corrected chi connectivity index (χ2v) is 9.66. The second-order valence-electron chi connectivity index (χ2n) is 9.66. The van der Waals surface area contributed by atoms with Crippen molar-refractivity contribution in [1.29, 1.82) is 5.26 Å². The highest BCUT2D eigenvalue weighted by Gasteiger charge is 2.45. The highest BCUT2D eigenvalue weighted by molar-refractivity contribution is 6.07. The van der Waals surface area contributed by atoms with Crippen LogP contribution in [-0.4, -0.2) is 47.8 Å². The molecule has 2 amide bonds. The van der Waals surface area contributed by atoms with Gasteiger partial charge < -0.3 is 9.80 Å². The molecule has 0 bridgehead atoms. The number of likely N-dealkylation sites (N-methyl/N-ethyl adjacent to an activating group) is 1. The maximum atomic E-state index is 14.1. The maximum Gasteiger partial charge on any atom is 0.416 e. The van der Waals surface area contributed by atoms with E-state index in [1.807, 2.05) is 13.8 Å². The van der Waals surface area contributed by atoms with E-state index in [1.165, 1.54) is 17.0 Å². The van der Waals surface area contributed by atoms with Crippen molar-refractivity contribution in [1.82, 2.24) is 9.80 Å². The molecule has 0 radical (unpaired) electrons. The molecule has 38 heavy (non-hydrogen) atoms. The molecule has 0 unspecified atom stereocenters. The number of allylic oxidation sites excluding steroid dienone is 1. The number of benzene rings is 2. The van der Waals surface area contributed by atoms with E-state index in [0.29, 0.717) is 28.9 Å². The summed E-state index contributed by atoms with van der Waals surface area (Å²) in [5.74, 6) is -0.254. The Balaban J connectivity index is 1.89. The Morgan fingerprint density at radius 2 is 1.76 bits per heavy atom. The first kappa shape index (κ1) is 27.4. The predicted molar refractivity (Wildman–Crippen MR) is 138 cm³/mol. The van der Waals surface area contributed by atoms with Crippen molar-refractivity contribution in [3.8, 4) is 6.07 Å². The van der Waals surface area contributed by atoms with Crippen LogP contribution in [0.15, 0.2) is 59.8 Å². The largest absolute Gasteiger partial charge is 0.416 e. The van der Waals surface area contributed by atoms with Crippen molar-refractivity contribution in [3.05, 3.63) is 76.5 Å². The third kappa shape index (κ3) is 5.46. The number of anilines is 1. The van der Waals surface area contributed by atoms with Crippen molar-refractivity contribution in [2.24, 2.45) is 5.92 Å². The van der Waals surface area contributed by atoms with E-state index in [-0.39, 0.29) is 23.9 Å². The highest BCUT2D eigenvalue weighted by Crippen LogP contribution is 2.44. The fourth-order valence-electron chi connectivity index (χ4n) is 4.96. The predicted octanol–water partition coefficient (Wildman–Crippen LogP) is 6.16. The Hall–Kier alpha value is -3.64. The van der Waals surface area contributed by atoms with Gasteiger partial charge >= 0.3 is 12.2 Å². The molecule has 2 aromatic carbocycles. The summed E-state index contributed by atoms with van der Waals surface area (Å²) in [7, 11) is 0. The number of alkyl halides is 3. The Morgan fingerprint density at radius 3 is 2.32 bits per heavy atom. The molecule has 1 saturated carbocycles. The van der Waals surface area contributed by atoms with E-state index >= 15 is 0 Å². The van der Waals surface area contributed by atoms with Crippen molar-refractivity contribution in [3.63, 3.8) is 0 Å². The van der Waals surface area contributed by atoms with Crippen LogP contribution >= 0.6 is 0 Å². The number of hydrogen-bond donors (Lipinski definition) is 0. The SMILES string of the molecule is CCN(CC)CCN1C(=O)N(c2cccc(C(F)(F)F)c2)C(C)=C(C(=O)C2CC2)[C@H]1c1ccc(C#N)cc1. The van der Waals surface area contributed by atoms with Crippen LogP contribution in [-0.2, 0) is 11.0 Å². The molecule has 1 fully saturated rings. The standard InChI is InChI=1S/C29H31F3N4O2/c1-4-34(5-2)15-16-35-26(21-11-9-20(18-33)10-12-21)25(27(37)22-13-14-22)19(3)36(28(35)38)24-8-6-7-23(17-24)29(30,31)32/h6-12,17,22,26H,4-5,13-16H2,1-3H3/t26-/m1/s1. The molecule has 0 N–H and O–H groups in total. The minimum absolute atomic E-state index is 0.0644. The van der Waals surface area contributed by atoms with Crippen LogP contribution in [0.4, 0.5) is 23.7 Å². The molecule has 6 nitrogen and oxygen atoms in total. The van der Waals surface area contributed by atoms with E-state index in [4.69, 9.17) is 0 Å². The average Bonchev–Trinajstić information content (AvgIpc) is 3.75. The van der Waals surface area contributed by atoms with Gasteiger partial charge in [-0.25, -0.2) is 4.79 Å². The molecule has 1 atom stereocenters. The quantitative estimate of drug-likeness (QED) is 0.394. The number of Topliss-reactive ketones (excluding diaryl/α,β-unsaturated/α-hetero) is 1. The van der Waals surface area contributed by atoms with E-state index in [1.54, 1.807) is 36.1 Å². The summed E-state index contributed by atoms with van der Waals surface area (Å²) < 4.78 is 40.6. The lowest BCUT2D eigenvalue weighted by atomic mass is 9.88. The van der Waals surface area contributed by atoms with Gasteiger partial charge in [0.25, 0.3) is 0 Å². The number of rotatable bonds is 9. The number of carbonyl (C=O) groups excluding carboxylic acids is 2. The lowest BCUT2D eigenvalue weighted by Crippen LogP contribution is -2.52. The molecule has 0 saturated heterocycles. The van der Waals surface area contributed by atoms with Crippen LogP contribution in [0.2, 0.25) is 0 Å². The number of halogens is 3. The lowest BCUT2D eigenvalue weighted by Gasteiger charge is -2.44. The first-order chi connectivity index (χ1) is 18.1. The zero-order valence-electron chi connectivity index (χ0n) is 21.8. The molecule has 1 aliphatic heterocycles. The Bertz CT molecular complexity index is 1270. The number of urea groups is 1. The summed E-state index contributed by atoms with van der Waals surface area (Å²) in [5.41, 5.74) is 1.08. The van der Waals surface area contributed by atoms with Crippen LogP contribution in [0.3, 0.4) is 0 Å². The zero-order valence-corrected chi connectivity index (χ0v) is 21.8. The summed E-state index contributed by atoms with van der Waals surface area (Å²) in [5, 5.41) is 9.27. The van der Waals surface area contributed by atoms with Crippen molar-refractivity contribution < 1.29 is 22.8 Å². The molecule has 2 aliphatic rings. The van der Waals surface area contributed by atoms with Gasteiger partial charge in [0, 0.05) is 30.3 Å². The first-order valence-corrected chi connectivity index (χ1v) is 12.9.